The van der Waals surface area contributed by atoms with Gasteiger partial charge in [0.15, 0.2) is 0 Å². The summed E-state index contributed by atoms with van der Waals surface area (Å²) >= 11 is 0. The molecule has 0 aliphatic heterocycles. The van der Waals surface area contributed by atoms with E-state index in [9.17, 15) is 10.0 Å². The first-order valence-corrected chi connectivity index (χ1v) is 3.27. The molecule has 0 atom stereocenters. The molecular formula is C8H8NO2-. The Hall–Kier alpha value is -1.38. The van der Waals surface area contributed by atoms with Crippen molar-refractivity contribution in [3.63, 3.8) is 0 Å². The molecule has 0 N–H and O–H groups in total. The zero-order chi connectivity index (χ0) is 8.43. The highest BCUT2D eigenvalue weighted by molar-refractivity contribution is 5.50. The molecule has 1 rings (SSSR count). The first-order valence-electron chi connectivity index (χ1n) is 3.27. The topological polar surface area (TPSA) is 52.5 Å². The molecule has 3 nitrogen and oxygen atoms in total. The smallest absolute Gasteiger partial charge is 0.108 e. The van der Waals surface area contributed by atoms with Gasteiger partial charge in [-0.15, -0.1) is 10.7 Å². The Kier molecular flexibility index (Phi) is 1.89. The Bertz CT molecular complexity index is 271. The minimum atomic E-state index is -0.0163. The van der Waals surface area contributed by atoms with E-state index in [1.807, 2.05) is 0 Å². The Morgan fingerprint density at radius 1 is 1.27 bits per heavy atom. The molecule has 58 valence electrons. The Balaban J connectivity index is 3.31. The molecule has 0 saturated carbocycles. The number of rotatable bonds is 1. The average molecular weight is 150 g/mol. The van der Waals surface area contributed by atoms with Crippen molar-refractivity contribution >= 4 is 5.69 Å². The second kappa shape index (κ2) is 2.70. The van der Waals surface area contributed by atoms with Crippen LogP contribution in [-0.4, -0.2) is 0 Å². The average Bonchev–Trinajstić information content (AvgIpc) is 1.99. The highest BCUT2D eigenvalue weighted by Crippen LogP contribution is 2.24. The molecule has 0 spiro atoms. The number of benzene rings is 1. The van der Waals surface area contributed by atoms with Crippen LogP contribution in [0.3, 0.4) is 0 Å². The van der Waals surface area contributed by atoms with Gasteiger partial charge in [0, 0.05) is 0 Å². The lowest BCUT2D eigenvalue weighted by Gasteiger charge is -2.13. The molecule has 0 amide bonds. The third-order valence-corrected chi connectivity index (χ3v) is 1.55. The predicted octanol–water partition coefficient (Wildman–Crippen LogP) is 1.77. The van der Waals surface area contributed by atoms with Crippen molar-refractivity contribution < 1.29 is 5.11 Å². The molecule has 0 bridgehead atoms. The van der Waals surface area contributed by atoms with Crippen LogP contribution in [0.25, 0.3) is 0 Å². The van der Waals surface area contributed by atoms with Crippen LogP contribution in [0.1, 0.15) is 11.1 Å². The molecule has 0 saturated heterocycles. The Labute approximate surface area is 64.7 Å². The summed E-state index contributed by atoms with van der Waals surface area (Å²) in [7, 11) is 0. The number of aryl methyl sites for hydroxylation is 2. The number of hydrogen-bond acceptors (Lipinski definition) is 3. The highest BCUT2D eigenvalue weighted by Gasteiger charge is 1.96. The maximum absolute atomic E-state index is 11.1. The summed E-state index contributed by atoms with van der Waals surface area (Å²) < 4.78 is 0. The lowest BCUT2D eigenvalue weighted by molar-refractivity contribution is -0.270. The highest BCUT2D eigenvalue weighted by atomic mass is 16.3. The fraction of sp³-hybridized carbons (Fsp3) is 0.250. The van der Waals surface area contributed by atoms with Crippen molar-refractivity contribution in [3.05, 3.63) is 28.2 Å². The summed E-state index contributed by atoms with van der Waals surface area (Å²) in [5.74, 6) is -0.0163. The molecule has 0 aromatic heterocycles. The van der Waals surface area contributed by atoms with E-state index < -0.39 is 0 Å². The van der Waals surface area contributed by atoms with Gasteiger partial charge in [0.25, 0.3) is 0 Å². The summed E-state index contributed by atoms with van der Waals surface area (Å²) in [6.07, 6.45) is 0. The van der Waals surface area contributed by atoms with Gasteiger partial charge in [0.1, 0.15) is 5.69 Å². The van der Waals surface area contributed by atoms with E-state index in [-0.39, 0.29) is 5.75 Å². The lowest BCUT2D eigenvalue weighted by Crippen LogP contribution is -1.95. The molecule has 0 fully saturated rings. The molecule has 0 aliphatic rings. The third-order valence-electron chi connectivity index (χ3n) is 1.55. The largest absolute Gasteiger partial charge is 0.872 e. The van der Waals surface area contributed by atoms with Crippen LogP contribution < -0.4 is 5.11 Å². The minimum Gasteiger partial charge on any atom is -0.872 e. The van der Waals surface area contributed by atoms with E-state index in [0.29, 0.717) is 16.8 Å². The SMILES string of the molecule is Cc1cc(N=O)cc(C)c1[O-]. The van der Waals surface area contributed by atoms with E-state index in [4.69, 9.17) is 0 Å². The molecule has 0 aliphatic carbocycles. The summed E-state index contributed by atoms with van der Waals surface area (Å²) in [5.41, 5.74) is 1.46. The van der Waals surface area contributed by atoms with Crippen LogP contribution in [0.4, 0.5) is 5.69 Å². The molecular weight excluding hydrogens is 142 g/mol. The Morgan fingerprint density at radius 2 is 1.73 bits per heavy atom. The maximum Gasteiger partial charge on any atom is 0.108 e. The summed E-state index contributed by atoms with van der Waals surface area (Å²) in [6.45, 7) is 3.34. The fourth-order valence-electron chi connectivity index (χ4n) is 0.980. The molecule has 0 heterocycles. The minimum absolute atomic E-state index is 0.0163. The zero-order valence-electron chi connectivity index (χ0n) is 6.42. The summed E-state index contributed by atoms with van der Waals surface area (Å²) in [6, 6.07) is 2.98. The lowest BCUT2D eigenvalue weighted by atomic mass is 10.1. The van der Waals surface area contributed by atoms with Crippen LogP contribution in [0.2, 0.25) is 0 Å². The van der Waals surface area contributed by atoms with Gasteiger partial charge in [-0.2, -0.15) is 0 Å². The molecule has 0 unspecified atom stereocenters. The van der Waals surface area contributed by atoms with Gasteiger partial charge in [-0.1, -0.05) is 11.1 Å². The normalized spacial score (nSPS) is 9.64. The van der Waals surface area contributed by atoms with Crippen molar-refractivity contribution in [1.29, 1.82) is 0 Å². The van der Waals surface area contributed by atoms with Crippen molar-refractivity contribution in [1.82, 2.24) is 0 Å². The molecule has 11 heavy (non-hydrogen) atoms. The van der Waals surface area contributed by atoms with Crippen molar-refractivity contribution in [2.45, 2.75) is 13.8 Å². The summed E-state index contributed by atoms with van der Waals surface area (Å²) in [5, 5.41) is 13.8. The van der Waals surface area contributed by atoms with E-state index >= 15 is 0 Å². The second-order valence-corrected chi connectivity index (χ2v) is 2.50. The van der Waals surface area contributed by atoms with E-state index in [2.05, 4.69) is 5.18 Å². The van der Waals surface area contributed by atoms with Crippen molar-refractivity contribution in [2.75, 3.05) is 0 Å². The standard InChI is InChI=1S/C8H9NO2/c1-5-3-7(9-11)4-6(2)8(5)10/h3-4,10H,1-2H3/p-1. The number of nitrogens with zero attached hydrogens (tertiary/aromatic N) is 1. The number of hydrogen-bond donors (Lipinski definition) is 0. The monoisotopic (exact) mass is 150 g/mol. The van der Waals surface area contributed by atoms with Crippen molar-refractivity contribution in [2.24, 2.45) is 5.18 Å². The third kappa shape index (κ3) is 1.37. The van der Waals surface area contributed by atoms with Gasteiger partial charge in [-0.05, 0) is 31.2 Å². The molecule has 3 heteroatoms. The Morgan fingerprint density at radius 3 is 2.09 bits per heavy atom. The van der Waals surface area contributed by atoms with Gasteiger partial charge >= 0.3 is 0 Å². The van der Waals surface area contributed by atoms with E-state index in [0.717, 1.165) is 0 Å². The van der Waals surface area contributed by atoms with Crippen LogP contribution >= 0.6 is 0 Å². The van der Waals surface area contributed by atoms with E-state index in [1.54, 1.807) is 13.8 Å². The maximum atomic E-state index is 11.1. The quantitative estimate of drug-likeness (QED) is 0.573. The molecule has 1 aromatic carbocycles. The van der Waals surface area contributed by atoms with Crippen LogP contribution in [0.15, 0.2) is 17.3 Å². The van der Waals surface area contributed by atoms with Crippen LogP contribution in [0.5, 0.6) is 5.75 Å². The first-order chi connectivity index (χ1) is 5.15. The van der Waals surface area contributed by atoms with Crippen molar-refractivity contribution in [3.8, 4) is 5.75 Å². The molecule has 0 radical (unpaired) electrons. The number of nitroso groups, excluding NO2 is 1. The fourth-order valence-corrected chi connectivity index (χ4v) is 0.980. The van der Waals surface area contributed by atoms with Gasteiger partial charge in [0.05, 0.1) is 0 Å². The first kappa shape index (κ1) is 7.72. The van der Waals surface area contributed by atoms with Gasteiger partial charge in [-0.25, -0.2) is 0 Å². The molecule has 1 aromatic rings. The van der Waals surface area contributed by atoms with Crippen LogP contribution in [0, 0.1) is 18.8 Å². The van der Waals surface area contributed by atoms with Crippen LogP contribution in [-0.2, 0) is 0 Å². The summed E-state index contributed by atoms with van der Waals surface area (Å²) in [4.78, 5) is 10.1. The predicted molar refractivity (Wildman–Crippen MR) is 40.8 cm³/mol. The second-order valence-electron chi connectivity index (χ2n) is 2.50. The van der Waals surface area contributed by atoms with Gasteiger partial charge in [-0.3, -0.25) is 0 Å². The van der Waals surface area contributed by atoms with Gasteiger partial charge in [0.2, 0.25) is 0 Å². The zero-order valence-corrected chi connectivity index (χ0v) is 6.42. The van der Waals surface area contributed by atoms with Gasteiger partial charge < -0.3 is 5.11 Å². The van der Waals surface area contributed by atoms with E-state index in [1.165, 1.54) is 12.1 Å².